The van der Waals surface area contributed by atoms with Crippen molar-refractivity contribution in [2.24, 2.45) is 0 Å². The van der Waals surface area contributed by atoms with Gasteiger partial charge in [-0.2, -0.15) is 11.8 Å². The van der Waals surface area contributed by atoms with Crippen molar-refractivity contribution in [3.8, 4) is 0 Å². The Bertz CT molecular complexity index is 354. The van der Waals surface area contributed by atoms with Crippen molar-refractivity contribution >= 4 is 17.6 Å². The summed E-state index contributed by atoms with van der Waals surface area (Å²) in [7, 11) is 0. The molecule has 1 N–H and O–H groups in total. The van der Waals surface area contributed by atoms with E-state index in [0.29, 0.717) is 10.7 Å². The molecule has 0 saturated heterocycles. The van der Waals surface area contributed by atoms with Crippen LogP contribution in [0.5, 0.6) is 0 Å². The summed E-state index contributed by atoms with van der Waals surface area (Å²) in [6, 6.07) is 2.06. The molecule has 0 aliphatic carbocycles. The minimum atomic E-state index is 0.308. The van der Waals surface area contributed by atoms with Crippen molar-refractivity contribution in [3.05, 3.63) is 18.1 Å². The average molecular weight is 267 g/mol. The second-order valence-corrected chi connectivity index (χ2v) is 6.20. The third-order valence-electron chi connectivity index (χ3n) is 3.59. The highest BCUT2D eigenvalue weighted by Gasteiger charge is 2.24. The Kier molecular flexibility index (Phi) is 5.93. The lowest BCUT2D eigenvalue weighted by Crippen LogP contribution is -2.32. The van der Waals surface area contributed by atoms with Crippen molar-refractivity contribution in [1.29, 1.82) is 0 Å². The molecule has 102 valence electrons. The van der Waals surface area contributed by atoms with E-state index in [4.69, 9.17) is 0 Å². The summed E-state index contributed by atoms with van der Waals surface area (Å²) in [5, 5.41) is 3.46. The van der Waals surface area contributed by atoms with Crippen LogP contribution in [0.3, 0.4) is 0 Å². The molecule has 0 bridgehead atoms. The molecule has 0 aliphatic rings. The van der Waals surface area contributed by atoms with Crippen LogP contribution in [-0.4, -0.2) is 27.5 Å². The van der Waals surface area contributed by atoms with Crippen LogP contribution in [0.2, 0.25) is 0 Å². The number of thioether (sulfide) groups is 1. The zero-order chi connectivity index (χ0) is 13.6. The fraction of sp³-hybridized carbons (Fsp3) is 0.714. The molecule has 1 heterocycles. The van der Waals surface area contributed by atoms with Crippen LogP contribution in [0.15, 0.2) is 12.4 Å². The Hall–Kier alpha value is -0.770. The van der Waals surface area contributed by atoms with E-state index in [2.05, 4.69) is 55.3 Å². The fourth-order valence-corrected chi connectivity index (χ4v) is 2.69. The summed E-state index contributed by atoms with van der Waals surface area (Å²) >= 11 is 1.94. The molecule has 3 nitrogen and oxygen atoms in total. The van der Waals surface area contributed by atoms with Crippen molar-refractivity contribution in [2.45, 2.75) is 51.2 Å². The van der Waals surface area contributed by atoms with Gasteiger partial charge in [0.1, 0.15) is 12.1 Å². The molecule has 0 atom stereocenters. The van der Waals surface area contributed by atoms with E-state index in [1.165, 1.54) is 12.8 Å². The highest BCUT2D eigenvalue weighted by atomic mass is 32.2. The third kappa shape index (κ3) is 3.87. The maximum absolute atomic E-state index is 4.30. The zero-order valence-corrected chi connectivity index (χ0v) is 13.0. The Balaban J connectivity index is 2.70. The van der Waals surface area contributed by atoms with Gasteiger partial charge in [-0.05, 0) is 25.0 Å². The van der Waals surface area contributed by atoms with Gasteiger partial charge in [0, 0.05) is 23.1 Å². The van der Waals surface area contributed by atoms with Gasteiger partial charge >= 0.3 is 0 Å². The van der Waals surface area contributed by atoms with Gasteiger partial charge in [-0.15, -0.1) is 0 Å². The number of aromatic nitrogens is 2. The van der Waals surface area contributed by atoms with Crippen molar-refractivity contribution in [2.75, 3.05) is 18.1 Å². The van der Waals surface area contributed by atoms with Crippen LogP contribution in [0.4, 0.5) is 5.82 Å². The molecule has 0 saturated carbocycles. The van der Waals surface area contributed by atoms with Crippen LogP contribution in [0.25, 0.3) is 0 Å². The minimum absolute atomic E-state index is 0.308. The molecule has 4 heteroatoms. The molecular weight excluding hydrogens is 242 g/mol. The summed E-state index contributed by atoms with van der Waals surface area (Å²) in [4.78, 5) is 8.58. The summed E-state index contributed by atoms with van der Waals surface area (Å²) in [6.07, 6.45) is 6.17. The molecule has 0 aliphatic heterocycles. The molecular formula is C14H25N3S. The van der Waals surface area contributed by atoms with E-state index in [9.17, 15) is 0 Å². The summed E-state index contributed by atoms with van der Waals surface area (Å²) in [5.74, 6) is 1.38. The zero-order valence-electron chi connectivity index (χ0n) is 12.2. The number of hydrogen-bond donors (Lipinski definition) is 1. The van der Waals surface area contributed by atoms with E-state index < -0.39 is 0 Å². The first-order valence-corrected chi connectivity index (χ1v) is 7.90. The predicted molar refractivity (Wildman–Crippen MR) is 81.4 cm³/mol. The van der Waals surface area contributed by atoms with E-state index in [1.54, 1.807) is 6.33 Å². The molecule has 0 aromatic carbocycles. The SMILES string of the molecule is CCC(CC)(CNc1cc(C(C)C)ncn1)SC. The maximum Gasteiger partial charge on any atom is 0.129 e. The lowest BCUT2D eigenvalue weighted by molar-refractivity contribution is 0.573. The van der Waals surface area contributed by atoms with Gasteiger partial charge < -0.3 is 5.32 Å². The van der Waals surface area contributed by atoms with Crippen molar-refractivity contribution in [1.82, 2.24) is 9.97 Å². The molecule has 1 aromatic rings. The first kappa shape index (κ1) is 15.3. The topological polar surface area (TPSA) is 37.8 Å². The van der Waals surface area contributed by atoms with E-state index >= 15 is 0 Å². The molecule has 0 amide bonds. The normalized spacial score (nSPS) is 11.9. The van der Waals surface area contributed by atoms with Crippen LogP contribution >= 0.6 is 11.8 Å². The van der Waals surface area contributed by atoms with Crippen molar-refractivity contribution in [3.63, 3.8) is 0 Å². The Morgan fingerprint density at radius 1 is 1.28 bits per heavy atom. The van der Waals surface area contributed by atoms with Crippen LogP contribution in [0, 0.1) is 0 Å². The van der Waals surface area contributed by atoms with Gasteiger partial charge in [-0.1, -0.05) is 27.7 Å². The molecule has 0 radical (unpaired) electrons. The van der Waals surface area contributed by atoms with Gasteiger partial charge in [-0.25, -0.2) is 9.97 Å². The van der Waals surface area contributed by atoms with Gasteiger partial charge in [-0.3, -0.25) is 0 Å². The molecule has 0 unspecified atom stereocenters. The van der Waals surface area contributed by atoms with E-state index in [1.807, 2.05) is 11.8 Å². The average Bonchev–Trinajstić information content (AvgIpc) is 2.41. The monoisotopic (exact) mass is 267 g/mol. The minimum Gasteiger partial charge on any atom is -0.369 e. The van der Waals surface area contributed by atoms with E-state index in [0.717, 1.165) is 18.1 Å². The number of anilines is 1. The first-order chi connectivity index (χ1) is 8.56. The number of hydrogen-bond acceptors (Lipinski definition) is 4. The highest BCUT2D eigenvalue weighted by Crippen LogP contribution is 2.30. The number of rotatable bonds is 7. The first-order valence-electron chi connectivity index (χ1n) is 6.68. The largest absolute Gasteiger partial charge is 0.369 e. The molecule has 0 fully saturated rings. The standard InChI is InChI=1S/C14H25N3S/c1-6-14(7-2,18-5)9-15-13-8-12(11(3)4)16-10-17-13/h8,10-11H,6-7,9H2,1-5H3,(H,15,16,17). The lowest BCUT2D eigenvalue weighted by atomic mass is 10.0. The number of nitrogens with one attached hydrogen (secondary N) is 1. The highest BCUT2D eigenvalue weighted by molar-refractivity contribution is 8.00. The Morgan fingerprint density at radius 3 is 2.44 bits per heavy atom. The summed E-state index contributed by atoms with van der Waals surface area (Å²) in [5.41, 5.74) is 1.09. The van der Waals surface area contributed by atoms with Crippen LogP contribution < -0.4 is 5.32 Å². The van der Waals surface area contributed by atoms with Crippen LogP contribution in [0.1, 0.15) is 52.1 Å². The van der Waals surface area contributed by atoms with Gasteiger partial charge in [0.15, 0.2) is 0 Å². The Morgan fingerprint density at radius 2 is 1.94 bits per heavy atom. The Labute approximate surface area is 115 Å². The molecule has 1 rings (SSSR count). The van der Waals surface area contributed by atoms with Gasteiger partial charge in [0.2, 0.25) is 0 Å². The second-order valence-electron chi connectivity index (χ2n) is 4.93. The van der Waals surface area contributed by atoms with E-state index in [-0.39, 0.29) is 0 Å². The molecule has 1 aromatic heterocycles. The number of nitrogens with zero attached hydrogens (tertiary/aromatic N) is 2. The lowest BCUT2D eigenvalue weighted by Gasteiger charge is -2.30. The second kappa shape index (κ2) is 6.98. The molecule has 0 spiro atoms. The third-order valence-corrected chi connectivity index (χ3v) is 5.18. The van der Waals surface area contributed by atoms with Crippen LogP contribution in [-0.2, 0) is 0 Å². The quantitative estimate of drug-likeness (QED) is 0.812. The maximum atomic E-state index is 4.30. The van der Waals surface area contributed by atoms with Crippen molar-refractivity contribution < 1.29 is 0 Å². The fourth-order valence-electron chi connectivity index (χ4n) is 1.90. The van der Waals surface area contributed by atoms with Gasteiger partial charge in [0.05, 0.1) is 0 Å². The molecule has 18 heavy (non-hydrogen) atoms. The smallest absolute Gasteiger partial charge is 0.129 e. The summed E-state index contributed by atoms with van der Waals surface area (Å²) in [6.45, 7) is 9.75. The summed E-state index contributed by atoms with van der Waals surface area (Å²) < 4.78 is 0.308. The van der Waals surface area contributed by atoms with Gasteiger partial charge in [0.25, 0.3) is 0 Å². The predicted octanol–water partition coefficient (Wildman–Crippen LogP) is 3.93.